The lowest BCUT2D eigenvalue weighted by Gasteiger charge is -2.39. The molecule has 194 valence electrons. The van der Waals surface area contributed by atoms with Crippen molar-refractivity contribution in [3.63, 3.8) is 0 Å². The maximum atomic E-state index is 13.8. The van der Waals surface area contributed by atoms with Gasteiger partial charge >= 0.3 is 5.97 Å². The second kappa shape index (κ2) is 9.93. The van der Waals surface area contributed by atoms with Crippen LogP contribution in [0.1, 0.15) is 37.9 Å². The SMILES string of the molecule is COC(=O)C1=C(C)NC2S/C(=C\c3ccc4c(c3)OCO4)C(=O)N2C1c1ccc(OC(C)C)c(OC)c1. The monoisotopic (exact) mass is 524 g/mol. The lowest BCUT2D eigenvalue weighted by Crippen LogP contribution is -2.49. The first-order chi connectivity index (χ1) is 17.8. The van der Waals surface area contributed by atoms with Crippen LogP contribution in [0.5, 0.6) is 23.0 Å². The number of fused-ring (bicyclic) bond motifs is 2. The Labute approximate surface area is 219 Å². The number of carbonyl (C=O) groups excluding carboxylic acids is 2. The van der Waals surface area contributed by atoms with Crippen molar-refractivity contribution in [3.8, 4) is 23.0 Å². The van der Waals surface area contributed by atoms with E-state index in [-0.39, 0.29) is 18.8 Å². The zero-order valence-corrected chi connectivity index (χ0v) is 22.0. The summed E-state index contributed by atoms with van der Waals surface area (Å²) < 4.78 is 27.4. The van der Waals surface area contributed by atoms with Crippen molar-refractivity contribution in [2.75, 3.05) is 21.0 Å². The number of carbonyl (C=O) groups is 2. The van der Waals surface area contributed by atoms with Gasteiger partial charge in [-0.2, -0.15) is 0 Å². The van der Waals surface area contributed by atoms with Crippen molar-refractivity contribution in [1.82, 2.24) is 10.2 Å². The number of methoxy groups -OCH3 is 2. The molecular formula is C27H28N2O7S. The van der Waals surface area contributed by atoms with E-state index < -0.39 is 17.5 Å². The number of amides is 1. The van der Waals surface area contributed by atoms with Crippen LogP contribution >= 0.6 is 11.8 Å². The lowest BCUT2D eigenvalue weighted by atomic mass is 9.93. The van der Waals surface area contributed by atoms with Crippen LogP contribution in [0.2, 0.25) is 0 Å². The standard InChI is InChI=1S/C27H28N2O7S/c1-14(2)36-19-9-7-17(12-20(19)32-4)24-23(26(31)33-5)15(3)28-27-29(24)25(30)22(37-27)11-16-6-8-18-21(10-16)35-13-34-18/h6-12,14,24,27-28H,13H2,1-5H3/b22-11-. The Morgan fingerprint density at radius 3 is 2.65 bits per heavy atom. The molecule has 1 amide bonds. The fraction of sp³-hybridized carbons (Fsp3) is 0.333. The number of allylic oxidation sites excluding steroid dienone is 1. The molecule has 1 N–H and O–H groups in total. The smallest absolute Gasteiger partial charge is 0.337 e. The molecular weight excluding hydrogens is 496 g/mol. The van der Waals surface area contributed by atoms with Crippen molar-refractivity contribution in [2.24, 2.45) is 0 Å². The normalized spacial score (nSPS) is 21.3. The Balaban J connectivity index is 1.55. The summed E-state index contributed by atoms with van der Waals surface area (Å²) in [7, 11) is 2.89. The lowest BCUT2D eigenvalue weighted by molar-refractivity contribution is -0.138. The number of thioether (sulfide) groups is 1. The van der Waals surface area contributed by atoms with Crippen molar-refractivity contribution in [2.45, 2.75) is 38.4 Å². The van der Waals surface area contributed by atoms with Gasteiger partial charge in [0.25, 0.3) is 5.91 Å². The topological polar surface area (TPSA) is 95.6 Å². The molecule has 10 heteroatoms. The van der Waals surface area contributed by atoms with Gasteiger partial charge in [-0.3, -0.25) is 9.69 Å². The van der Waals surface area contributed by atoms with E-state index in [2.05, 4.69) is 5.32 Å². The summed E-state index contributed by atoms with van der Waals surface area (Å²) in [6.07, 6.45) is 1.77. The van der Waals surface area contributed by atoms with Crippen LogP contribution in [0.4, 0.5) is 0 Å². The van der Waals surface area contributed by atoms with Crippen LogP contribution in [0.25, 0.3) is 6.08 Å². The van der Waals surface area contributed by atoms with E-state index in [1.165, 1.54) is 18.9 Å². The number of esters is 1. The van der Waals surface area contributed by atoms with Crippen molar-refractivity contribution >= 4 is 29.7 Å². The largest absolute Gasteiger partial charge is 0.493 e. The van der Waals surface area contributed by atoms with Crippen LogP contribution in [0.15, 0.2) is 52.6 Å². The van der Waals surface area contributed by atoms with Crippen LogP contribution < -0.4 is 24.3 Å². The minimum absolute atomic E-state index is 0.0452. The summed E-state index contributed by atoms with van der Waals surface area (Å²) >= 11 is 1.39. The van der Waals surface area contributed by atoms with Gasteiger partial charge in [-0.1, -0.05) is 23.9 Å². The van der Waals surface area contributed by atoms with E-state index in [1.54, 1.807) is 24.1 Å². The van der Waals surface area contributed by atoms with E-state index in [0.29, 0.717) is 44.7 Å². The molecule has 3 aliphatic rings. The molecule has 0 aromatic heterocycles. The van der Waals surface area contributed by atoms with Gasteiger partial charge in [-0.25, -0.2) is 4.79 Å². The molecule has 2 unspecified atom stereocenters. The minimum Gasteiger partial charge on any atom is -0.493 e. The summed E-state index contributed by atoms with van der Waals surface area (Å²) in [5, 5.41) is 3.30. The van der Waals surface area contributed by atoms with Gasteiger partial charge < -0.3 is 29.0 Å². The molecule has 2 atom stereocenters. The van der Waals surface area contributed by atoms with Gasteiger partial charge in [0.15, 0.2) is 28.5 Å². The average molecular weight is 525 g/mol. The summed E-state index contributed by atoms with van der Waals surface area (Å²) in [5.41, 5.74) is 2.10. The minimum atomic E-state index is -0.691. The Kier molecular flexibility index (Phi) is 6.68. The molecule has 9 nitrogen and oxygen atoms in total. The Hall–Kier alpha value is -3.79. The summed E-state index contributed by atoms with van der Waals surface area (Å²) in [6.45, 7) is 5.85. The molecule has 1 saturated heterocycles. The molecule has 0 aliphatic carbocycles. The maximum Gasteiger partial charge on any atom is 0.337 e. The number of nitrogens with one attached hydrogen (secondary N) is 1. The van der Waals surface area contributed by atoms with Crippen LogP contribution in [-0.4, -0.2) is 49.4 Å². The number of hydrogen-bond donors (Lipinski definition) is 1. The first-order valence-corrected chi connectivity index (χ1v) is 12.7. The molecule has 1 fully saturated rings. The fourth-order valence-electron chi connectivity index (χ4n) is 4.58. The van der Waals surface area contributed by atoms with Gasteiger partial charge in [-0.05, 0) is 62.2 Å². The van der Waals surface area contributed by atoms with E-state index in [0.717, 1.165) is 5.56 Å². The molecule has 0 bridgehead atoms. The molecule has 3 aliphatic heterocycles. The predicted octanol–water partition coefficient (Wildman–Crippen LogP) is 4.20. The number of benzene rings is 2. The third-order valence-electron chi connectivity index (χ3n) is 6.20. The Morgan fingerprint density at radius 2 is 1.92 bits per heavy atom. The Morgan fingerprint density at radius 1 is 1.14 bits per heavy atom. The zero-order chi connectivity index (χ0) is 26.3. The number of hydrogen-bond acceptors (Lipinski definition) is 9. The van der Waals surface area contributed by atoms with Crippen molar-refractivity contribution in [3.05, 3.63) is 63.7 Å². The van der Waals surface area contributed by atoms with Gasteiger partial charge in [0, 0.05) is 5.70 Å². The maximum absolute atomic E-state index is 13.8. The van der Waals surface area contributed by atoms with E-state index in [9.17, 15) is 9.59 Å². The van der Waals surface area contributed by atoms with Crippen molar-refractivity contribution < 1.29 is 33.3 Å². The highest BCUT2D eigenvalue weighted by molar-refractivity contribution is 8.05. The zero-order valence-electron chi connectivity index (χ0n) is 21.2. The quantitative estimate of drug-likeness (QED) is 0.441. The molecule has 2 aromatic carbocycles. The second-order valence-electron chi connectivity index (χ2n) is 8.96. The average Bonchev–Trinajstić information content (AvgIpc) is 3.46. The highest BCUT2D eigenvalue weighted by atomic mass is 32.2. The van der Waals surface area contributed by atoms with Crippen molar-refractivity contribution in [1.29, 1.82) is 0 Å². The van der Waals surface area contributed by atoms with E-state index in [1.807, 2.05) is 51.1 Å². The van der Waals surface area contributed by atoms with Crippen LogP contribution in [0.3, 0.4) is 0 Å². The molecule has 0 spiro atoms. The third-order valence-corrected chi connectivity index (χ3v) is 7.31. The van der Waals surface area contributed by atoms with E-state index >= 15 is 0 Å². The molecule has 5 rings (SSSR count). The summed E-state index contributed by atoms with van der Waals surface area (Å²) in [6, 6.07) is 10.3. The van der Waals surface area contributed by atoms with Gasteiger partial charge in [0.1, 0.15) is 0 Å². The van der Waals surface area contributed by atoms with Gasteiger partial charge in [0.05, 0.1) is 36.8 Å². The fourth-order valence-corrected chi connectivity index (χ4v) is 5.80. The van der Waals surface area contributed by atoms with Crippen LogP contribution in [-0.2, 0) is 14.3 Å². The number of ether oxygens (including phenoxy) is 5. The van der Waals surface area contributed by atoms with Crippen LogP contribution in [0, 0.1) is 0 Å². The molecule has 2 aromatic rings. The highest BCUT2D eigenvalue weighted by Gasteiger charge is 2.48. The molecule has 0 saturated carbocycles. The van der Waals surface area contributed by atoms with Gasteiger partial charge in [-0.15, -0.1) is 0 Å². The number of rotatable bonds is 6. The molecule has 0 radical (unpaired) electrons. The molecule has 37 heavy (non-hydrogen) atoms. The second-order valence-corrected chi connectivity index (χ2v) is 10.1. The number of nitrogens with zero attached hydrogens (tertiary/aromatic N) is 1. The summed E-state index contributed by atoms with van der Waals surface area (Å²) in [4.78, 5) is 28.9. The summed E-state index contributed by atoms with van der Waals surface area (Å²) in [5.74, 6) is 1.69. The molecule has 3 heterocycles. The first kappa shape index (κ1) is 24.9. The first-order valence-electron chi connectivity index (χ1n) is 11.8. The third kappa shape index (κ3) is 4.57. The highest BCUT2D eigenvalue weighted by Crippen LogP contribution is 2.48. The Bertz CT molecular complexity index is 1320. The van der Waals surface area contributed by atoms with E-state index in [4.69, 9.17) is 23.7 Å². The van der Waals surface area contributed by atoms with Gasteiger partial charge in [0.2, 0.25) is 6.79 Å². The predicted molar refractivity (Wildman–Crippen MR) is 138 cm³/mol.